The van der Waals surface area contributed by atoms with Crippen LogP contribution in [0.5, 0.6) is 0 Å². The molecule has 0 aliphatic carbocycles. The Morgan fingerprint density at radius 1 is 1.24 bits per heavy atom. The van der Waals surface area contributed by atoms with Gasteiger partial charge in [-0.15, -0.1) is 0 Å². The standard InChI is InChI=1S/C15H23N3O3/c1-12-7-10-17(11-12)15(21)16-8-3-2-4-9-18-13(19)5-6-14(18)20/h5-6,12H,2-4,7-11H2,1H3,(H,16,21)/t12-/m1/s1. The monoisotopic (exact) mass is 293 g/mol. The summed E-state index contributed by atoms with van der Waals surface area (Å²) < 4.78 is 0. The molecular weight excluding hydrogens is 270 g/mol. The highest BCUT2D eigenvalue weighted by atomic mass is 16.2. The number of amides is 4. The molecule has 0 saturated carbocycles. The number of hydrogen-bond acceptors (Lipinski definition) is 3. The van der Waals surface area contributed by atoms with Crippen LogP contribution in [-0.4, -0.2) is 53.8 Å². The summed E-state index contributed by atoms with van der Waals surface area (Å²) in [6.07, 6.45) is 6.21. The molecule has 2 aliphatic rings. The van der Waals surface area contributed by atoms with Gasteiger partial charge in [-0.05, 0) is 31.6 Å². The third-order valence-electron chi connectivity index (χ3n) is 3.95. The van der Waals surface area contributed by atoms with Crippen LogP contribution in [0, 0.1) is 5.92 Å². The van der Waals surface area contributed by atoms with Gasteiger partial charge in [-0.25, -0.2) is 4.79 Å². The zero-order chi connectivity index (χ0) is 15.2. The summed E-state index contributed by atoms with van der Waals surface area (Å²) in [6.45, 7) is 4.95. The number of urea groups is 1. The highest BCUT2D eigenvalue weighted by Gasteiger charge is 2.23. The first kappa shape index (κ1) is 15.5. The molecule has 0 aromatic heterocycles. The Hall–Kier alpha value is -1.85. The SMILES string of the molecule is C[C@@H]1CCN(C(=O)NCCCCCN2C(=O)C=CC2=O)C1. The number of unbranched alkanes of at least 4 members (excludes halogenated alkanes) is 2. The fraction of sp³-hybridized carbons (Fsp3) is 0.667. The van der Waals surface area contributed by atoms with E-state index in [-0.39, 0.29) is 17.8 Å². The number of imide groups is 1. The molecule has 1 fully saturated rings. The van der Waals surface area contributed by atoms with Crippen LogP contribution in [0.25, 0.3) is 0 Å². The van der Waals surface area contributed by atoms with Gasteiger partial charge in [-0.3, -0.25) is 14.5 Å². The molecule has 6 nitrogen and oxygen atoms in total. The fourth-order valence-corrected chi connectivity index (χ4v) is 2.65. The first-order chi connectivity index (χ1) is 10.1. The quantitative estimate of drug-likeness (QED) is 0.589. The molecule has 1 atom stereocenters. The number of likely N-dealkylation sites (tertiary alicyclic amines) is 1. The van der Waals surface area contributed by atoms with Gasteiger partial charge in [0.05, 0.1) is 0 Å². The van der Waals surface area contributed by atoms with Gasteiger partial charge in [0.25, 0.3) is 11.8 Å². The Morgan fingerprint density at radius 3 is 2.57 bits per heavy atom. The molecule has 0 spiro atoms. The van der Waals surface area contributed by atoms with Crippen LogP contribution >= 0.6 is 0 Å². The average Bonchev–Trinajstić information content (AvgIpc) is 3.02. The lowest BCUT2D eigenvalue weighted by atomic mass is 10.2. The van der Waals surface area contributed by atoms with Crippen molar-refractivity contribution in [3.8, 4) is 0 Å². The molecule has 21 heavy (non-hydrogen) atoms. The third-order valence-corrected chi connectivity index (χ3v) is 3.95. The minimum atomic E-state index is -0.226. The van der Waals surface area contributed by atoms with E-state index in [0.717, 1.165) is 38.8 Å². The first-order valence-electron chi connectivity index (χ1n) is 7.64. The molecule has 0 aromatic carbocycles. The number of carbonyl (C=O) groups is 3. The van der Waals surface area contributed by atoms with Gasteiger partial charge < -0.3 is 10.2 Å². The van der Waals surface area contributed by atoms with E-state index in [2.05, 4.69) is 12.2 Å². The van der Waals surface area contributed by atoms with Gasteiger partial charge in [0.1, 0.15) is 0 Å². The molecule has 2 aliphatic heterocycles. The number of nitrogens with one attached hydrogen (secondary N) is 1. The lowest BCUT2D eigenvalue weighted by Gasteiger charge is -2.17. The van der Waals surface area contributed by atoms with Crippen molar-refractivity contribution in [2.75, 3.05) is 26.2 Å². The van der Waals surface area contributed by atoms with Crippen LogP contribution in [0.3, 0.4) is 0 Å². The zero-order valence-corrected chi connectivity index (χ0v) is 12.5. The Bertz CT molecular complexity index is 429. The molecule has 1 saturated heterocycles. The summed E-state index contributed by atoms with van der Waals surface area (Å²) in [7, 11) is 0. The Morgan fingerprint density at radius 2 is 1.95 bits per heavy atom. The van der Waals surface area contributed by atoms with Gasteiger partial charge in [0.2, 0.25) is 0 Å². The van der Waals surface area contributed by atoms with Crippen molar-refractivity contribution in [3.63, 3.8) is 0 Å². The van der Waals surface area contributed by atoms with Crippen LogP contribution in [0.4, 0.5) is 4.79 Å². The summed E-state index contributed by atoms with van der Waals surface area (Å²) in [6, 6.07) is 0.0217. The maximum atomic E-state index is 11.8. The van der Waals surface area contributed by atoms with E-state index in [1.807, 2.05) is 4.90 Å². The second-order valence-corrected chi connectivity index (χ2v) is 5.79. The van der Waals surface area contributed by atoms with E-state index in [1.54, 1.807) is 0 Å². The van der Waals surface area contributed by atoms with E-state index in [1.165, 1.54) is 17.1 Å². The van der Waals surface area contributed by atoms with Gasteiger partial charge in [-0.2, -0.15) is 0 Å². The first-order valence-corrected chi connectivity index (χ1v) is 7.64. The molecule has 0 radical (unpaired) electrons. The summed E-state index contributed by atoms with van der Waals surface area (Å²) in [5.74, 6) is 0.146. The zero-order valence-electron chi connectivity index (χ0n) is 12.5. The Balaban J connectivity index is 1.51. The van der Waals surface area contributed by atoms with Gasteiger partial charge in [0, 0.05) is 38.3 Å². The average molecular weight is 293 g/mol. The topological polar surface area (TPSA) is 69.7 Å². The van der Waals surface area contributed by atoms with Gasteiger partial charge >= 0.3 is 6.03 Å². The highest BCUT2D eigenvalue weighted by molar-refractivity contribution is 6.12. The van der Waals surface area contributed by atoms with Crippen LogP contribution in [0.15, 0.2) is 12.2 Å². The van der Waals surface area contributed by atoms with Crippen molar-refractivity contribution in [2.24, 2.45) is 5.92 Å². The van der Waals surface area contributed by atoms with E-state index >= 15 is 0 Å². The molecule has 116 valence electrons. The second-order valence-electron chi connectivity index (χ2n) is 5.79. The van der Waals surface area contributed by atoms with E-state index in [0.29, 0.717) is 19.0 Å². The molecule has 2 heterocycles. The largest absolute Gasteiger partial charge is 0.338 e. The molecular formula is C15H23N3O3. The Labute approximate surface area is 125 Å². The van der Waals surface area contributed by atoms with Crippen molar-refractivity contribution in [1.29, 1.82) is 0 Å². The minimum Gasteiger partial charge on any atom is -0.338 e. The number of rotatable bonds is 6. The van der Waals surface area contributed by atoms with E-state index < -0.39 is 0 Å². The fourth-order valence-electron chi connectivity index (χ4n) is 2.65. The number of nitrogens with zero attached hydrogens (tertiary/aromatic N) is 2. The smallest absolute Gasteiger partial charge is 0.317 e. The van der Waals surface area contributed by atoms with Crippen molar-refractivity contribution in [1.82, 2.24) is 15.1 Å². The maximum Gasteiger partial charge on any atom is 0.317 e. The minimum absolute atomic E-state index is 0.0217. The molecule has 2 rings (SSSR count). The van der Waals surface area contributed by atoms with Gasteiger partial charge in [-0.1, -0.05) is 6.92 Å². The molecule has 0 bridgehead atoms. The number of carbonyl (C=O) groups excluding carboxylic acids is 3. The predicted molar refractivity (Wildman–Crippen MR) is 78.5 cm³/mol. The second kappa shape index (κ2) is 7.24. The molecule has 0 unspecified atom stereocenters. The summed E-state index contributed by atoms with van der Waals surface area (Å²) in [4.78, 5) is 37.6. The lowest BCUT2D eigenvalue weighted by Crippen LogP contribution is -2.38. The summed E-state index contributed by atoms with van der Waals surface area (Å²) in [5.41, 5.74) is 0. The van der Waals surface area contributed by atoms with Crippen molar-refractivity contribution in [3.05, 3.63) is 12.2 Å². The predicted octanol–water partition coefficient (Wildman–Crippen LogP) is 1.13. The van der Waals surface area contributed by atoms with Gasteiger partial charge in [0.15, 0.2) is 0 Å². The normalized spacial score (nSPS) is 21.5. The van der Waals surface area contributed by atoms with Crippen LogP contribution in [-0.2, 0) is 9.59 Å². The number of hydrogen-bond donors (Lipinski definition) is 1. The highest BCUT2D eigenvalue weighted by Crippen LogP contribution is 2.14. The van der Waals surface area contributed by atoms with Crippen molar-refractivity contribution < 1.29 is 14.4 Å². The van der Waals surface area contributed by atoms with Crippen LogP contribution in [0.1, 0.15) is 32.6 Å². The van der Waals surface area contributed by atoms with Crippen LogP contribution < -0.4 is 5.32 Å². The lowest BCUT2D eigenvalue weighted by molar-refractivity contribution is -0.136. The molecule has 6 heteroatoms. The van der Waals surface area contributed by atoms with E-state index in [9.17, 15) is 14.4 Å². The molecule has 0 aromatic rings. The Kier molecular flexibility index (Phi) is 5.36. The van der Waals surface area contributed by atoms with E-state index in [4.69, 9.17) is 0 Å². The summed E-state index contributed by atoms with van der Waals surface area (Å²) in [5, 5.41) is 2.92. The summed E-state index contributed by atoms with van der Waals surface area (Å²) >= 11 is 0. The third kappa shape index (κ3) is 4.31. The van der Waals surface area contributed by atoms with Crippen molar-refractivity contribution in [2.45, 2.75) is 32.6 Å². The van der Waals surface area contributed by atoms with Crippen molar-refractivity contribution >= 4 is 17.8 Å². The van der Waals surface area contributed by atoms with Crippen LogP contribution in [0.2, 0.25) is 0 Å². The maximum absolute atomic E-state index is 11.8. The molecule has 4 amide bonds. The molecule has 1 N–H and O–H groups in total.